The Kier molecular flexibility index (Phi) is 4.59. The van der Waals surface area contributed by atoms with E-state index in [-0.39, 0.29) is 5.91 Å². The maximum Gasteiger partial charge on any atom is 0.220 e. The van der Waals surface area contributed by atoms with Crippen LogP contribution in [0.15, 0.2) is 24.3 Å². The van der Waals surface area contributed by atoms with Crippen LogP contribution in [-0.2, 0) is 11.2 Å². The number of hydrogen-bond acceptors (Lipinski definition) is 3. The summed E-state index contributed by atoms with van der Waals surface area (Å²) >= 11 is 0. The van der Waals surface area contributed by atoms with Gasteiger partial charge in [-0.05, 0) is 37.1 Å². The van der Waals surface area contributed by atoms with Crippen LogP contribution < -0.4 is 15.8 Å². The summed E-state index contributed by atoms with van der Waals surface area (Å²) in [5, 5.41) is 2.83. The van der Waals surface area contributed by atoms with Gasteiger partial charge in [0.15, 0.2) is 0 Å². The van der Waals surface area contributed by atoms with E-state index in [0.717, 1.165) is 25.1 Å². The Balaban J connectivity index is 1.80. The lowest BCUT2D eigenvalue weighted by molar-refractivity contribution is -0.123. The third-order valence-electron chi connectivity index (χ3n) is 3.19. The van der Waals surface area contributed by atoms with Crippen LogP contribution in [0.4, 0.5) is 0 Å². The van der Waals surface area contributed by atoms with Crippen LogP contribution in [0.25, 0.3) is 0 Å². The maximum atomic E-state index is 11.2. The minimum absolute atomic E-state index is 0.133. The number of benzene rings is 1. The summed E-state index contributed by atoms with van der Waals surface area (Å²) in [5.74, 6) is 1.33. The molecule has 0 aromatic heterocycles. The molecule has 1 heterocycles. The van der Waals surface area contributed by atoms with Crippen LogP contribution in [0.5, 0.6) is 5.75 Å². The second-order valence-corrected chi connectivity index (χ2v) is 4.70. The van der Waals surface area contributed by atoms with Gasteiger partial charge in [-0.2, -0.15) is 0 Å². The number of carbonyl (C=O) groups is 1. The number of amides is 1. The van der Waals surface area contributed by atoms with Crippen molar-refractivity contribution in [3.05, 3.63) is 29.8 Å². The topological polar surface area (TPSA) is 64.3 Å². The first-order valence-electron chi connectivity index (χ1n) is 6.46. The third-order valence-corrected chi connectivity index (χ3v) is 3.19. The maximum absolute atomic E-state index is 11.2. The van der Waals surface area contributed by atoms with E-state index < -0.39 is 0 Å². The molecule has 0 aliphatic carbocycles. The van der Waals surface area contributed by atoms with E-state index in [1.54, 1.807) is 0 Å². The van der Waals surface area contributed by atoms with Crippen molar-refractivity contribution in [2.45, 2.75) is 19.3 Å². The molecule has 1 atom stereocenters. The number of nitrogens with two attached hydrogens (primary N) is 1. The minimum Gasteiger partial charge on any atom is -0.493 e. The van der Waals surface area contributed by atoms with Gasteiger partial charge >= 0.3 is 0 Å². The second-order valence-electron chi connectivity index (χ2n) is 4.70. The zero-order chi connectivity index (χ0) is 12.8. The lowest BCUT2D eigenvalue weighted by atomic mass is 9.99. The molecule has 0 radical (unpaired) electrons. The molecule has 1 aromatic carbocycles. The van der Waals surface area contributed by atoms with Gasteiger partial charge in [0, 0.05) is 18.9 Å². The van der Waals surface area contributed by atoms with E-state index >= 15 is 0 Å². The average molecular weight is 248 g/mol. The van der Waals surface area contributed by atoms with Crippen LogP contribution in [-0.4, -0.2) is 25.6 Å². The zero-order valence-electron chi connectivity index (χ0n) is 10.5. The first kappa shape index (κ1) is 12.9. The van der Waals surface area contributed by atoms with E-state index in [1.165, 1.54) is 5.56 Å². The summed E-state index contributed by atoms with van der Waals surface area (Å²) in [5.41, 5.74) is 6.72. The molecular weight excluding hydrogens is 228 g/mol. The molecule has 98 valence electrons. The minimum atomic E-state index is 0.133. The molecular formula is C14H20N2O2. The van der Waals surface area contributed by atoms with Gasteiger partial charge in [0.25, 0.3) is 0 Å². The van der Waals surface area contributed by atoms with Crippen molar-refractivity contribution in [2.24, 2.45) is 11.7 Å². The number of carbonyl (C=O) groups excluding carboxylic acids is 1. The molecule has 1 fully saturated rings. The van der Waals surface area contributed by atoms with Crippen molar-refractivity contribution in [1.29, 1.82) is 0 Å². The molecule has 4 nitrogen and oxygen atoms in total. The summed E-state index contributed by atoms with van der Waals surface area (Å²) in [6.07, 6.45) is 2.46. The molecule has 0 saturated carbocycles. The number of ether oxygens (including phenoxy) is 1. The Morgan fingerprint density at radius 1 is 1.33 bits per heavy atom. The quantitative estimate of drug-likeness (QED) is 0.820. The summed E-state index contributed by atoms with van der Waals surface area (Å²) in [6, 6.07) is 8.01. The SMILES string of the molecule is NCCc1ccc(OCC2CCNC(=O)C2)cc1. The van der Waals surface area contributed by atoms with E-state index in [9.17, 15) is 4.79 Å². The average Bonchev–Trinajstić information content (AvgIpc) is 2.38. The predicted octanol–water partition coefficient (Wildman–Crippen LogP) is 1.09. The van der Waals surface area contributed by atoms with Crippen LogP contribution in [0.2, 0.25) is 0 Å². The molecule has 3 N–H and O–H groups in total. The molecule has 4 heteroatoms. The normalized spacial score (nSPS) is 19.4. The first-order valence-corrected chi connectivity index (χ1v) is 6.46. The standard InChI is InChI=1S/C14H20N2O2/c15-7-5-11-1-3-13(4-2-11)18-10-12-6-8-16-14(17)9-12/h1-4,12H,5-10,15H2,(H,16,17). The number of hydrogen-bond donors (Lipinski definition) is 2. The Hall–Kier alpha value is -1.55. The van der Waals surface area contributed by atoms with E-state index in [1.807, 2.05) is 24.3 Å². The van der Waals surface area contributed by atoms with Crippen molar-refractivity contribution < 1.29 is 9.53 Å². The summed E-state index contributed by atoms with van der Waals surface area (Å²) in [7, 11) is 0. The van der Waals surface area contributed by atoms with Crippen LogP contribution in [0.3, 0.4) is 0 Å². The van der Waals surface area contributed by atoms with Gasteiger partial charge in [-0.25, -0.2) is 0 Å². The van der Waals surface area contributed by atoms with Gasteiger partial charge in [0.05, 0.1) is 6.61 Å². The van der Waals surface area contributed by atoms with Crippen molar-refractivity contribution in [2.75, 3.05) is 19.7 Å². The van der Waals surface area contributed by atoms with E-state index in [0.29, 0.717) is 25.5 Å². The molecule has 1 aliphatic heterocycles. The van der Waals surface area contributed by atoms with Crippen molar-refractivity contribution >= 4 is 5.91 Å². The Bertz CT molecular complexity index is 389. The smallest absolute Gasteiger partial charge is 0.220 e. The largest absolute Gasteiger partial charge is 0.493 e. The van der Waals surface area contributed by atoms with E-state index in [4.69, 9.17) is 10.5 Å². The lowest BCUT2D eigenvalue weighted by Crippen LogP contribution is -2.35. The molecule has 0 bridgehead atoms. The van der Waals surface area contributed by atoms with Crippen LogP contribution >= 0.6 is 0 Å². The highest BCUT2D eigenvalue weighted by Crippen LogP contribution is 2.17. The van der Waals surface area contributed by atoms with Crippen molar-refractivity contribution in [3.8, 4) is 5.75 Å². The Labute approximate surface area is 108 Å². The number of piperidine rings is 1. The highest BCUT2D eigenvalue weighted by molar-refractivity contribution is 5.76. The molecule has 1 aliphatic rings. The van der Waals surface area contributed by atoms with Gasteiger partial charge < -0.3 is 15.8 Å². The molecule has 1 aromatic rings. The second kappa shape index (κ2) is 6.40. The first-order chi connectivity index (χ1) is 8.78. The fourth-order valence-corrected chi connectivity index (χ4v) is 2.13. The Morgan fingerprint density at radius 2 is 2.11 bits per heavy atom. The zero-order valence-corrected chi connectivity index (χ0v) is 10.5. The fraction of sp³-hybridized carbons (Fsp3) is 0.500. The van der Waals surface area contributed by atoms with E-state index in [2.05, 4.69) is 5.32 Å². The molecule has 1 saturated heterocycles. The van der Waals surface area contributed by atoms with Gasteiger partial charge in [-0.3, -0.25) is 4.79 Å². The molecule has 18 heavy (non-hydrogen) atoms. The molecule has 0 spiro atoms. The van der Waals surface area contributed by atoms with Gasteiger partial charge in [0.1, 0.15) is 5.75 Å². The molecule has 2 rings (SSSR count). The number of rotatable bonds is 5. The monoisotopic (exact) mass is 248 g/mol. The summed E-state index contributed by atoms with van der Waals surface area (Å²) < 4.78 is 5.72. The van der Waals surface area contributed by atoms with Gasteiger partial charge in [-0.15, -0.1) is 0 Å². The van der Waals surface area contributed by atoms with Crippen molar-refractivity contribution in [1.82, 2.24) is 5.32 Å². The summed E-state index contributed by atoms with van der Waals surface area (Å²) in [6.45, 7) is 2.04. The predicted molar refractivity (Wildman–Crippen MR) is 70.4 cm³/mol. The number of nitrogens with one attached hydrogen (secondary N) is 1. The highest BCUT2D eigenvalue weighted by atomic mass is 16.5. The van der Waals surface area contributed by atoms with Crippen molar-refractivity contribution in [3.63, 3.8) is 0 Å². The molecule has 1 unspecified atom stereocenters. The Morgan fingerprint density at radius 3 is 2.78 bits per heavy atom. The fourth-order valence-electron chi connectivity index (χ4n) is 2.13. The summed E-state index contributed by atoms with van der Waals surface area (Å²) in [4.78, 5) is 11.2. The lowest BCUT2D eigenvalue weighted by Gasteiger charge is -2.22. The van der Waals surface area contributed by atoms with Gasteiger partial charge in [0.2, 0.25) is 5.91 Å². The van der Waals surface area contributed by atoms with Gasteiger partial charge in [-0.1, -0.05) is 12.1 Å². The molecule has 1 amide bonds. The highest BCUT2D eigenvalue weighted by Gasteiger charge is 2.19. The van der Waals surface area contributed by atoms with Crippen LogP contribution in [0.1, 0.15) is 18.4 Å². The van der Waals surface area contributed by atoms with Crippen LogP contribution in [0, 0.1) is 5.92 Å². The third kappa shape index (κ3) is 3.74.